The Morgan fingerprint density at radius 2 is 2.21 bits per heavy atom. The second-order valence-corrected chi connectivity index (χ2v) is 6.85. The zero-order valence-electron chi connectivity index (χ0n) is 10.2. The van der Waals surface area contributed by atoms with E-state index in [0.717, 1.165) is 21.5 Å². The smallest absolute Gasteiger partial charge is 0.326 e. The quantitative estimate of drug-likeness (QED) is 0.858. The number of halogens is 1. The van der Waals surface area contributed by atoms with Crippen LogP contribution in [0.25, 0.3) is 6.08 Å². The molecule has 2 rings (SSSR count). The van der Waals surface area contributed by atoms with E-state index >= 15 is 0 Å². The molecule has 4 nitrogen and oxygen atoms in total. The summed E-state index contributed by atoms with van der Waals surface area (Å²) in [4.78, 5) is 25.6. The van der Waals surface area contributed by atoms with Gasteiger partial charge in [0.15, 0.2) is 0 Å². The van der Waals surface area contributed by atoms with E-state index in [0.29, 0.717) is 13.0 Å². The minimum atomic E-state index is -0.916. The Morgan fingerprint density at radius 1 is 1.42 bits per heavy atom. The first-order valence-electron chi connectivity index (χ1n) is 6.05. The van der Waals surface area contributed by atoms with Crippen molar-refractivity contribution < 1.29 is 14.7 Å². The standard InChI is InChI=1S/C13H14BrNO3S/c14-11-6-4-9(19-11)5-7-12(16)15-8-2-1-3-10(15)13(17)18/h4-7,10H,1-3,8H2,(H,17,18)/b7-5+/t10-/m0/s1. The maximum Gasteiger partial charge on any atom is 0.326 e. The van der Waals surface area contributed by atoms with E-state index in [1.54, 1.807) is 6.08 Å². The molecule has 1 aromatic heterocycles. The molecule has 0 radical (unpaired) electrons. The maximum absolute atomic E-state index is 12.1. The summed E-state index contributed by atoms with van der Waals surface area (Å²) in [6.45, 7) is 0.522. The van der Waals surface area contributed by atoms with E-state index in [4.69, 9.17) is 5.11 Å². The molecule has 0 aliphatic carbocycles. The zero-order chi connectivity index (χ0) is 13.8. The number of carboxylic acids is 1. The van der Waals surface area contributed by atoms with Crippen molar-refractivity contribution in [3.63, 3.8) is 0 Å². The Balaban J connectivity index is 2.05. The number of aliphatic carboxylic acids is 1. The van der Waals surface area contributed by atoms with Crippen LogP contribution in [0, 0.1) is 0 Å². The Bertz CT molecular complexity index is 512. The number of carboxylic acid groups (broad SMARTS) is 1. The summed E-state index contributed by atoms with van der Waals surface area (Å²) in [6, 6.07) is 3.14. The third-order valence-corrected chi connectivity index (χ3v) is 4.64. The Labute approximate surface area is 123 Å². The number of carbonyl (C=O) groups excluding carboxylic acids is 1. The molecular weight excluding hydrogens is 330 g/mol. The van der Waals surface area contributed by atoms with Gasteiger partial charge in [0.1, 0.15) is 6.04 Å². The number of thiophene rings is 1. The third kappa shape index (κ3) is 3.67. The van der Waals surface area contributed by atoms with E-state index < -0.39 is 12.0 Å². The molecule has 1 N–H and O–H groups in total. The van der Waals surface area contributed by atoms with Gasteiger partial charge in [0.2, 0.25) is 5.91 Å². The minimum Gasteiger partial charge on any atom is -0.480 e. The lowest BCUT2D eigenvalue weighted by Gasteiger charge is -2.32. The summed E-state index contributed by atoms with van der Waals surface area (Å²) in [5.41, 5.74) is 0. The van der Waals surface area contributed by atoms with Gasteiger partial charge in [-0.25, -0.2) is 4.79 Å². The predicted molar refractivity (Wildman–Crippen MR) is 78.0 cm³/mol. The molecule has 1 saturated heterocycles. The molecule has 1 aliphatic rings. The number of hydrogen-bond donors (Lipinski definition) is 1. The number of hydrogen-bond acceptors (Lipinski definition) is 3. The maximum atomic E-state index is 12.1. The number of carbonyl (C=O) groups is 2. The van der Waals surface area contributed by atoms with E-state index in [9.17, 15) is 9.59 Å². The molecule has 1 fully saturated rings. The lowest BCUT2D eigenvalue weighted by Crippen LogP contribution is -2.47. The van der Waals surface area contributed by atoms with Crippen molar-refractivity contribution in [2.24, 2.45) is 0 Å². The highest BCUT2D eigenvalue weighted by Crippen LogP contribution is 2.23. The van der Waals surface area contributed by atoms with Crippen molar-refractivity contribution in [2.75, 3.05) is 6.54 Å². The fraction of sp³-hybridized carbons (Fsp3) is 0.385. The number of likely N-dealkylation sites (tertiary alicyclic amines) is 1. The molecular formula is C13H14BrNO3S. The summed E-state index contributed by atoms with van der Waals surface area (Å²) >= 11 is 4.88. The first-order valence-corrected chi connectivity index (χ1v) is 7.65. The molecule has 0 spiro atoms. The highest BCUT2D eigenvalue weighted by Gasteiger charge is 2.30. The summed E-state index contributed by atoms with van der Waals surface area (Å²) in [5, 5.41) is 9.12. The topological polar surface area (TPSA) is 57.6 Å². The number of nitrogens with zero attached hydrogens (tertiary/aromatic N) is 1. The normalized spacial score (nSPS) is 19.8. The fourth-order valence-electron chi connectivity index (χ4n) is 2.12. The van der Waals surface area contributed by atoms with E-state index in [1.807, 2.05) is 12.1 Å². The van der Waals surface area contributed by atoms with Crippen molar-refractivity contribution in [3.8, 4) is 0 Å². The summed E-state index contributed by atoms with van der Waals surface area (Å²) in [7, 11) is 0. The molecule has 0 aromatic carbocycles. The van der Waals surface area contributed by atoms with Crippen molar-refractivity contribution >= 4 is 45.2 Å². The van der Waals surface area contributed by atoms with Crippen LogP contribution < -0.4 is 0 Å². The van der Waals surface area contributed by atoms with Crippen LogP contribution in [0.3, 0.4) is 0 Å². The SMILES string of the molecule is O=C(O)[C@@H]1CCCCN1C(=O)/C=C/c1ccc(Br)s1. The fourth-order valence-corrected chi connectivity index (χ4v) is 3.45. The average molecular weight is 344 g/mol. The van der Waals surface area contributed by atoms with Crippen molar-refractivity contribution in [3.05, 3.63) is 26.9 Å². The first-order chi connectivity index (χ1) is 9.08. The highest BCUT2D eigenvalue weighted by molar-refractivity contribution is 9.11. The van der Waals surface area contributed by atoms with Gasteiger partial charge in [-0.3, -0.25) is 4.79 Å². The van der Waals surface area contributed by atoms with Crippen LogP contribution in [-0.2, 0) is 9.59 Å². The van der Waals surface area contributed by atoms with Crippen LogP contribution in [0.4, 0.5) is 0 Å². The number of amides is 1. The molecule has 19 heavy (non-hydrogen) atoms. The molecule has 102 valence electrons. The van der Waals surface area contributed by atoms with Crippen LogP contribution in [0.1, 0.15) is 24.1 Å². The highest BCUT2D eigenvalue weighted by atomic mass is 79.9. The lowest BCUT2D eigenvalue weighted by atomic mass is 10.0. The molecule has 0 unspecified atom stereocenters. The Morgan fingerprint density at radius 3 is 2.84 bits per heavy atom. The summed E-state index contributed by atoms with van der Waals surface area (Å²) in [5.74, 6) is -1.14. The average Bonchev–Trinajstić information content (AvgIpc) is 2.81. The van der Waals surface area contributed by atoms with Gasteiger partial charge in [0.05, 0.1) is 3.79 Å². The van der Waals surface area contributed by atoms with E-state index in [2.05, 4.69) is 15.9 Å². The molecule has 1 atom stereocenters. The predicted octanol–water partition coefficient (Wildman–Crippen LogP) is 2.99. The van der Waals surface area contributed by atoms with Gasteiger partial charge in [0.25, 0.3) is 0 Å². The van der Waals surface area contributed by atoms with Crippen LogP contribution in [0.2, 0.25) is 0 Å². The molecule has 0 bridgehead atoms. The van der Waals surface area contributed by atoms with Gasteiger partial charge in [-0.2, -0.15) is 0 Å². The summed E-state index contributed by atoms with van der Waals surface area (Å²) < 4.78 is 1.00. The van der Waals surface area contributed by atoms with Crippen LogP contribution in [0.15, 0.2) is 22.0 Å². The minimum absolute atomic E-state index is 0.225. The molecule has 1 amide bonds. The van der Waals surface area contributed by atoms with Crippen LogP contribution in [-0.4, -0.2) is 34.5 Å². The third-order valence-electron chi connectivity index (χ3n) is 3.06. The van der Waals surface area contributed by atoms with Crippen LogP contribution in [0.5, 0.6) is 0 Å². The molecule has 0 saturated carbocycles. The second kappa shape index (κ2) is 6.34. The molecule has 2 heterocycles. The van der Waals surface area contributed by atoms with Crippen molar-refractivity contribution in [1.82, 2.24) is 4.90 Å². The van der Waals surface area contributed by atoms with Gasteiger partial charge in [-0.15, -0.1) is 11.3 Å². The Hall–Kier alpha value is -1.14. The van der Waals surface area contributed by atoms with Gasteiger partial charge < -0.3 is 10.0 Å². The van der Waals surface area contributed by atoms with Crippen LogP contribution >= 0.6 is 27.3 Å². The first kappa shape index (κ1) is 14.3. The number of rotatable bonds is 3. The molecule has 1 aliphatic heterocycles. The zero-order valence-corrected chi connectivity index (χ0v) is 12.6. The van der Waals surface area contributed by atoms with Gasteiger partial charge in [-0.05, 0) is 53.4 Å². The second-order valence-electron chi connectivity index (χ2n) is 4.36. The van der Waals surface area contributed by atoms with E-state index in [-0.39, 0.29) is 5.91 Å². The lowest BCUT2D eigenvalue weighted by molar-refractivity contribution is -0.150. The van der Waals surface area contributed by atoms with Crippen molar-refractivity contribution in [1.29, 1.82) is 0 Å². The Kier molecular flexibility index (Phi) is 4.76. The van der Waals surface area contributed by atoms with Crippen molar-refractivity contribution in [2.45, 2.75) is 25.3 Å². The van der Waals surface area contributed by atoms with Gasteiger partial charge in [-0.1, -0.05) is 0 Å². The molecule has 6 heteroatoms. The number of piperidine rings is 1. The van der Waals surface area contributed by atoms with E-state index in [1.165, 1.54) is 22.3 Å². The largest absolute Gasteiger partial charge is 0.480 e. The summed E-state index contributed by atoms with van der Waals surface area (Å²) in [6.07, 6.45) is 5.46. The van der Waals surface area contributed by atoms with Gasteiger partial charge in [0, 0.05) is 17.5 Å². The molecule has 1 aromatic rings. The van der Waals surface area contributed by atoms with Gasteiger partial charge >= 0.3 is 5.97 Å². The monoisotopic (exact) mass is 343 g/mol.